The monoisotopic (exact) mass is 266 g/mol. The Bertz CT molecular complexity index is 242. The smallest absolute Gasteiger partial charge is 0.313 e. The van der Waals surface area contributed by atoms with E-state index >= 15 is 0 Å². The molecule has 0 spiro atoms. The number of hydrogen-bond donors (Lipinski definition) is 4. The van der Waals surface area contributed by atoms with Crippen molar-refractivity contribution in [3.8, 4) is 0 Å². The van der Waals surface area contributed by atoms with E-state index in [2.05, 4.69) is 0 Å². The van der Waals surface area contributed by atoms with Crippen LogP contribution in [0.25, 0.3) is 0 Å². The van der Waals surface area contributed by atoms with Gasteiger partial charge in [-0.3, -0.25) is 4.79 Å². The van der Waals surface area contributed by atoms with E-state index < -0.39 is 36.8 Å². The molecule has 0 saturated heterocycles. The highest BCUT2D eigenvalue weighted by Gasteiger charge is 2.30. The van der Waals surface area contributed by atoms with Crippen molar-refractivity contribution >= 4 is 5.97 Å². The van der Waals surface area contributed by atoms with Crippen molar-refractivity contribution in [2.24, 2.45) is 5.41 Å². The topological polar surface area (TPSA) is 116 Å². The molecular formula is C11H22O7. The number of rotatable bonds is 9. The first-order chi connectivity index (χ1) is 8.33. The summed E-state index contributed by atoms with van der Waals surface area (Å²) in [6.45, 7) is 1.95. The van der Waals surface area contributed by atoms with E-state index in [0.717, 1.165) is 0 Å². The number of carbonyl (C=O) groups excluding carboxylic acids is 1. The second-order valence-electron chi connectivity index (χ2n) is 4.67. The molecule has 2 unspecified atom stereocenters. The van der Waals surface area contributed by atoms with E-state index in [-0.39, 0.29) is 19.8 Å². The Labute approximate surface area is 106 Å². The van der Waals surface area contributed by atoms with Crippen LogP contribution in [0.1, 0.15) is 13.8 Å². The Morgan fingerprint density at radius 1 is 1.11 bits per heavy atom. The number of esters is 1. The minimum Gasteiger partial charge on any atom is -0.462 e. The van der Waals surface area contributed by atoms with Crippen molar-refractivity contribution in [3.05, 3.63) is 0 Å². The van der Waals surface area contributed by atoms with Crippen LogP contribution in [0.15, 0.2) is 0 Å². The number of aliphatic hydroxyl groups excluding tert-OH is 4. The van der Waals surface area contributed by atoms with Crippen molar-refractivity contribution < 1.29 is 34.7 Å². The molecule has 0 aromatic heterocycles. The first-order valence-electron chi connectivity index (χ1n) is 5.66. The standard InChI is InChI=1S/C11H22O7/c1-11(2,7-17-5-8(14)3-12)10(16)18-6-9(15)4-13/h8-9,12-15H,3-7H2,1-2H3. The molecule has 0 amide bonds. The first kappa shape index (κ1) is 17.3. The molecule has 0 aromatic rings. The van der Waals surface area contributed by atoms with Crippen LogP contribution in [-0.4, -0.2) is 71.6 Å². The van der Waals surface area contributed by atoms with E-state index in [4.69, 9.17) is 29.9 Å². The number of carbonyl (C=O) groups is 1. The highest BCUT2D eigenvalue weighted by atomic mass is 16.5. The Morgan fingerprint density at radius 3 is 2.11 bits per heavy atom. The largest absolute Gasteiger partial charge is 0.462 e. The number of ether oxygens (including phenoxy) is 2. The van der Waals surface area contributed by atoms with Crippen molar-refractivity contribution in [2.45, 2.75) is 26.1 Å². The van der Waals surface area contributed by atoms with Gasteiger partial charge in [0.25, 0.3) is 0 Å². The zero-order valence-corrected chi connectivity index (χ0v) is 10.7. The molecule has 108 valence electrons. The SMILES string of the molecule is CC(C)(COCC(O)CO)C(=O)OCC(O)CO. The quantitative estimate of drug-likeness (QED) is 0.367. The highest BCUT2D eigenvalue weighted by Crippen LogP contribution is 2.18. The van der Waals surface area contributed by atoms with Crippen LogP contribution >= 0.6 is 0 Å². The fraction of sp³-hybridized carbons (Fsp3) is 0.909. The summed E-state index contributed by atoms with van der Waals surface area (Å²) in [5.41, 5.74) is -0.940. The van der Waals surface area contributed by atoms with Gasteiger partial charge in [0, 0.05) is 0 Å². The minimum atomic E-state index is -1.10. The Morgan fingerprint density at radius 2 is 1.61 bits per heavy atom. The average molecular weight is 266 g/mol. The zero-order valence-electron chi connectivity index (χ0n) is 10.7. The molecule has 0 rings (SSSR count). The lowest BCUT2D eigenvalue weighted by Crippen LogP contribution is -2.35. The molecule has 18 heavy (non-hydrogen) atoms. The number of aliphatic hydroxyl groups is 4. The molecule has 0 radical (unpaired) electrons. The molecule has 0 fully saturated rings. The molecule has 0 aliphatic carbocycles. The third-order valence-electron chi connectivity index (χ3n) is 2.15. The Kier molecular flexibility index (Phi) is 8.05. The van der Waals surface area contributed by atoms with Crippen molar-refractivity contribution in [1.82, 2.24) is 0 Å². The third-order valence-corrected chi connectivity index (χ3v) is 2.15. The predicted molar refractivity (Wildman–Crippen MR) is 61.7 cm³/mol. The van der Waals surface area contributed by atoms with Crippen molar-refractivity contribution in [2.75, 3.05) is 33.0 Å². The Hall–Kier alpha value is -0.730. The summed E-state index contributed by atoms with van der Waals surface area (Å²) in [6, 6.07) is 0. The Balaban J connectivity index is 3.99. The third kappa shape index (κ3) is 6.87. The van der Waals surface area contributed by atoms with Gasteiger partial charge in [0.05, 0.1) is 31.8 Å². The molecule has 0 aromatic carbocycles. The van der Waals surface area contributed by atoms with Gasteiger partial charge in [-0.15, -0.1) is 0 Å². The molecule has 7 heteroatoms. The number of hydrogen-bond acceptors (Lipinski definition) is 7. The molecule has 0 saturated carbocycles. The van der Waals surface area contributed by atoms with Crippen molar-refractivity contribution in [3.63, 3.8) is 0 Å². The van der Waals surface area contributed by atoms with E-state index in [1.54, 1.807) is 13.8 Å². The van der Waals surface area contributed by atoms with E-state index in [1.807, 2.05) is 0 Å². The fourth-order valence-electron chi connectivity index (χ4n) is 0.982. The van der Waals surface area contributed by atoms with Crippen LogP contribution < -0.4 is 0 Å². The van der Waals surface area contributed by atoms with Gasteiger partial charge in [-0.1, -0.05) is 0 Å². The van der Waals surface area contributed by atoms with Gasteiger partial charge in [-0.2, -0.15) is 0 Å². The molecule has 0 aliphatic rings. The lowest BCUT2D eigenvalue weighted by Gasteiger charge is -2.23. The van der Waals surface area contributed by atoms with Gasteiger partial charge in [-0.25, -0.2) is 0 Å². The minimum absolute atomic E-state index is 0.0120. The maximum Gasteiger partial charge on any atom is 0.313 e. The van der Waals surface area contributed by atoms with Crippen molar-refractivity contribution in [1.29, 1.82) is 0 Å². The summed E-state index contributed by atoms with van der Waals surface area (Å²) in [5.74, 6) is -0.575. The van der Waals surface area contributed by atoms with Gasteiger partial charge in [0.1, 0.15) is 18.8 Å². The zero-order chi connectivity index (χ0) is 14.2. The van der Waals surface area contributed by atoms with Crippen LogP contribution in [0.4, 0.5) is 0 Å². The summed E-state index contributed by atoms with van der Waals surface area (Å²) in [6.07, 6.45) is -2.07. The van der Waals surface area contributed by atoms with Crippen LogP contribution in [0.2, 0.25) is 0 Å². The van der Waals surface area contributed by atoms with E-state index in [0.29, 0.717) is 0 Å². The fourth-order valence-corrected chi connectivity index (χ4v) is 0.982. The molecule has 0 heterocycles. The molecule has 2 atom stereocenters. The van der Waals surface area contributed by atoms with Gasteiger partial charge in [0.15, 0.2) is 0 Å². The van der Waals surface area contributed by atoms with Gasteiger partial charge in [0.2, 0.25) is 0 Å². The lowest BCUT2D eigenvalue weighted by atomic mass is 9.95. The van der Waals surface area contributed by atoms with Gasteiger partial charge in [-0.05, 0) is 13.8 Å². The van der Waals surface area contributed by atoms with Crippen LogP contribution in [0.5, 0.6) is 0 Å². The first-order valence-corrected chi connectivity index (χ1v) is 5.66. The molecule has 0 aliphatic heterocycles. The van der Waals surface area contributed by atoms with E-state index in [1.165, 1.54) is 0 Å². The predicted octanol–water partition coefficient (Wildman–Crippen LogP) is -1.72. The highest BCUT2D eigenvalue weighted by molar-refractivity contribution is 5.76. The summed E-state index contributed by atoms with van der Waals surface area (Å²) in [7, 11) is 0. The van der Waals surface area contributed by atoms with Crippen LogP contribution in [-0.2, 0) is 14.3 Å². The molecule has 0 bridgehead atoms. The van der Waals surface area contributed by atoms with Gasteiger partial charge >= 0.3 is 5.97 Å². The van der Waals surface area contributed by atoms with Gasteiger partial charge < -0.3 is 29.9 Å². The maximum atomic E-state index is 11.6. The summed E-state index contributed by atoms with van der Waals surface area (Å²) < 4.78 is 9.89. The molecule has 4 N–H and O–H groups in total. The normalized spacial score (nSPS) is 15.2. The maximum absolute atomic E-state index is 11.6. The molecular weight excluding hydrogens is 244 g/mol. The van der Waals surface area contributed by atoms with Crippen LogP contribution in [0.3, 0.4) is 0 Å². The average Bonchev–Trinajstić information content (AvgIpc) is 2.34. The van der Waals surface area contributed by atoms with E-state index in [9.17, 15) is 4.79 Å². The second-order valence-corrected chi connectivity index (χ2v) is 4.67. The van der Waals surface area contributed by atoms with Crippen LogP contribution in [0, 0.1) is 5.41 Å². The summed E-state index contributed by atoms with van der Waals surface area (Å²) >= 11 is 0. The lowest BCUT2D eigenvalue weighted by molar-refractivity contribution is -0.161. The summed E-state index contributed by atoms with van der Waals surface area (Å²) in [4.78, 5) is 11.6. The summed E-state index contributed by atoms with van der Waals surface area (Å²) in [5, 5.41) is 35.2. The molecule has 7 nitrogen and oxygen atoms in total. The second kappa shape index (κ2) is 8.39.